The van der Waals surface area contributed by atoms with Crippen molar-refractivity contribution >= 4 is 27.7 Å². The van der Waals surface area contributed by atoms with E-state index in [1.54, 1.807) is 24.3 Å². The van der Waals surface area contributed by atoms with Crippen LogP contribution in [0.15, 0.2) is 24.3 Å². The van der Waals surface area contributed by atoms with Crippen LogP contribution in [0.3, 0.4) is 0 Å². The average molecular weight is 404 g/mol. The first kappa shape index (κ1) is 21.2. The fourth-order valence-corrected chi connectivity index (χ4v) is 3.66. The highest BCUT2D eigenvalue weighted by molar-refractivity contribution is 7.85. The van der Waals surface area contributed by atoms with E-state index >= 15 is 0 Å². The minimum Gasteiger partial charge on any atom is -0.426 e. The molecule has 1 aromatic rings. The molecule has 0 bridgehead atoms. The highest BCUT2D eigenvalue weighted by Gasteiger charge is 2.21. The SMILES string of the molecule is CS(=O)(=O)OCCC1CCC(CNCC(=O)Oc2ccc(Cl)cc2)CC1. The molecule has 0 unspecified atom stereocenters. The van der Waals surface area contributed by atoms with Crippen LogP contribution in [0.5, 0.6) is 5.75 Å². The summed E-state index contributed by atoms with van der Waals surface area (Å²) in [6, 6.07) is 6.68. The highest BCUT2D eigenvalue weighted by atomic mass is 35.5. The molecule has 6 nitrogen and oxygen atoms in total. The van der Waals surface area contributed by atoms with E-state index in [0.717, 1.165) is 44.9 Å². The molecule has 1 aromatic carbocycles. The van der Waals surface area contributed by atoms with Crippen LogP contribution in [0.25, 0.3) is 0 Å². The van der Waals surface area contributed by atoms with Gasteiger partial charge in [0.2, 0.25) is 0 Å². The summed E-state index contributed by atoms with van der Waals surface area (Å²) in [7, 11) is -3.34. The Morgan fingerprint density at radius 2 is 1.77 bits per heavy atom. The molecule has 1 aliphatic carbocycles. The van der Waals surface area contributed by atoms with E-state index in [0.29, 0.717) is 22.6 Å². The third-order valence-corrected chi connectivity index (χ3v) is 5.38. The summed E-state index contributed by atoms with van der Waals surface area (Å²) in [6.45, 7) is 1.22. The van der Waals surface area contributed by atoms with Crippen molar-refractivity contribution < 1.29 is 22.1 Å². The Balaban J connectivity index is 1.57. The minimum absolute atomic E-state index is 0.171. The molecule has 146 valence electrons. The summed E-state index contributed by atoms with van der Waals surface area (Å²) >= 11 is 5.79. The number of halogens is 1. The first-order valence-electron chi connectivity index (χ1n) is 8.83. The molecule has 0 radical (unpaired) electrons. The number of nitrogens with one attached hydrogen (secondary N) is 1. The van der Waals surface area contributed by atoms with Crippen LogP contribution in [0, 0.1) is 11.8 Å². The second-order valence-corrected chi connectivity index (χ2v) is 8.84. The lowest BCUT2D eigenvalue weighted by Crippen LogP contribution is -2.32. The van der Waals surface area contributed by atoms with E-state index < -0.39 is 10.1 Å². The standard InChI is InChI=1S/C18H26ClNO5S/c1-26(22,23)24-11-10-14-2-4-15(5-3-14)12-20-13-18(21)25-17-8-6-16(19)7-9-17/h6-9,14-15,20H,2-5,10-13H2,1H3. The number of ether oxygens (including phenoxy) is 1. The van der Waals surface area contributed by atoms with Crippen LogP contribution in [-0.2, 0) is 19.1 Å². The third-order valence-electron chi connectivity index (χ3n) is 4.54. The molecule has 26 heavy (non-hydrogen) atoms. The van der Waals surface area contributed by atoms with Crippen LogP contribution in [-0.4, -0.2) is 40.3 Å². The van der Waals surface area contributed by atoms with Gasteiger partial charge in [-0.05, 0) is 61.9 Å². The van der Waals surface area contributed by atoms with Gasteiger partial charge in [0.25, 0.3) is 10.1 Å². The number of benzene rings is 1. The smallest absolute Gasteiger partial charge is 0.325 e. The second-order valence-electron chi connectivity index (χ2n) is 6.76. The first-order chi connectivity index (χ1) is 12.3. The number of carbonyl (C=O) groups is 1. The largest absolute Gasteiger partial charge is 0.426 e. The quantitative estimate of drug-likeness (QED) is 0.387. The summed E-state index contributed by atoms with van der Waals surface area (Å²) < 4.78 is 31.9. The van der Waals surface area contributed by atoms with Crippen molar-refractivity contribution in [3.05, 3.63) is 29.3 Å². The lowest BCUT2D eigenvalue weighted by Gasteiger charge is -2.28. The van der Waals surface area contributed by atoms with Gasteiger partial charge in [0.15, 0.2) is 0 Å². The van der Waals surface area contributed by atoms with E-state index in [4.69, 9.17) is 20.5 Å². The maximum absolute atomic E-state index is 11.8. The number of hydrogen-bond donors (Lipinski definition) is 1. The fourth-order valence-electron chi connectivity index (χ4n) is 3.14. The van der Waals surface area contributed by atoms with E-state index in [1.165, 1.54) is 0 Å². The lowest BCUT2D eigenvalue weighted by molar-refractivity contribution is -0.133. The Kier molecular flexibility index (Phi) is 8.34. The minimum atomic E-state index is -3.34. The lowest BCUT2D eigenvalue weighted by atomic mass is 9.80. The Morgan fingerprint density at radius 1 is 1.15 bits per heavy atom. The van der Waals surface area contributed by atoms with Crippen molar-refractivity contribution in [2.75, 3.05) is 26.0 Å². The zero-order valence-electron chi connectivity index (χ0n) is 14.9. The molecule has 2 rings (SSSR count). The molecule has 0 saturated heterocycles. The Hall–Kier alpha value is -1.15. The van der Waals surface area contributed by atoms with Gasteiger partial charge in [-0.2, -0.15) is 8.42 Å². The summed E-state index contributed by atoms with van der Waals surface area (Å²) in [5, 5.41) is 3.76. The highest BCUT2D eigenvalue weighted by Crippen LogP contribution is 2.30. The molecule has 1 fully saturated rings. The monoisotopic (exact) mass is 403 g/mol. The Bertz CT molecular complexity index is 669. The molecule has 1 aliphatic rings. The molecular formula is C18H26ClNO5S. The zero-order valence-corrected chi connectivity index (χ0v) is 16.5. The number of rotatable bonds is 9. The summed E-state index contributed by atoms with van der Waals surface area (Å²) in [4.78, 5) is 11.8. The van der Waals surface area contributed by atoms with Crippen molar-refractivity contribution in [2.45, 2.75) is 32.1 Å². The van der Waals surface area contributed by atoms with Gasteiger partial charge in [0, 0.05) is 5.02 Å². The third kappa shape index (κ3) is 8.49. The van der Waals surface area contributed by atoms with Gasteiger partial charge in [-0.15, -0.1) is 0 Å². The van der Waals surface area contributed by atoms with Gasteiger partial charge in [-0.25, -0.2) is 0 Å². The first-order valence-corrected chi connectivity index (χ1v) is 11.0. The summed E-state index contributed by atoms with van der Waals surface area (Å²) in [5.74, 6) is 1.21. The molecule has 1 saturated carbocycles. The van der Waals surface area contributed by atoms with Crippen molar-refractivity contribution in [3.8, 4) is 5.75 Å². The normalized spacial score (nSPS) is 20.7. The van der Waals surface area contributed by atoms with Crippen molar-refractivity contribution in [2.24, 2.45) is 11.8 Å². The predicted octanol–water partition coefficient (Wildman–Crippen LogP) is 3.01. The Morgan fingerprint density at radius 3 is 2.38 bits per heavy atom. The van der Waals surface area contributed by atoms with E-state index in [1.807, 2.05) is 0 Å². The number of hydrogen-bond acceptors (Lipinski definition) is 6. The molecule has 0 aliphatic heterocycles. The average Bonchev–Trinajstić information content (AvgIpc) is 2.57. The zero-order chi connectivity index (χ0) is 19.0. The summed E-state index contributed by atoms with van der Waals surface area (Å²) in [5.41, 5.74) is 0. The Labute approximate surface area is 160 Å². The van der Waals surface area contributed by atoms with Crippen molar-refractivity contribution in [1.29, 1.82) is 0 Å². The topological polar surface area (TPSA) is 81.7 Å². The van der Waals surface area contributed by atoms with Crippen LogP contribution >= 0.6 is 11.6 Å². The maximum Gasteiger partial charge on any atom is 0.325 e. The molecule has 0 atom stereocenters. The molecule has 0 aromatic heterocycles. The summed E-state index contributed by atoms with van der Waals surface area (Å²) in [6.07, 6.45) is 6.13. The fraction of sp³-hybridized carbons (Fsp3) is 0.611. The van der Waals surface area contributed by atoms with E-state index in [2.05, 4.69) is 5.32 Å². The molecule has 0 amide bonds. The van der Waals surface area contributed by atoms with Gasteiger partial charge in [0.1, 0.15) is 5.75 Å². The second kappa shape index (κ2) is 10.3. The number of esters is 1. The molecule has 8 heteroatoms. The maximum atomic E-state index is 11.8. The van der Waals surface area contributed by atoms with Crippen LogP contribution in [0.4, 0.5) is 0 Å². The van der Waals surface area contributed by atoms with Crippen LogP contribution in [0.1, 0.15) is 32.1 Å². The predicted molar refractivity (Wildman–Crippen MR) is 101 cm³/mol. The van der Waals surface area contributed by atoms with E-state index in [-0.39, 0.29) is 19.1 Å². The van der Waals surface area contributed by atoms with Gasteiger partial charge >= 0.3 is 5.97 Å². The van der Waals surface area contributed by atoms with Crippen molar-refractivity contribution in [3.63, 3.8) is 0 Å². The molecule has 0 heterocycles. The number of carbonyl (C=O) groups excluding carboxylic acids is 1. The van der Waals surface area contributed by atoms with Gasteiger partial charge < -0.3 is 10.1 Å². The van der Waals surface area contributed by atoms with Gasteiger partial charge in [-0.1, -0.05) is 24.4 Å². The van der Waals surface area contributed by atoms with Crippen molar-refractivity contribution in [1.82, 2.24) is 5.32 Å². The molecule has 1 N–H and O–H groups in total. The molecule has 0 spiro atoms. The van der Waals surface area contributed by atoms with Crippen LogP contribution < -0.4 is 10.1 Å². The van der Waals surface area contributed by atoms with E-state index in [9.17, 15) is 13.2 Å². The molecular weight excluding hydrogens is 378 g/mol. The van der Waals surface area contributed by atoms with Crippen LogP contribution in [0.2, 0.25) is 5.02 Å². The van der Waals surface area contributed by atoms with Gasteiger partial charge in [0.05, 0.1) is 19.4 Å². The van der Waals surface area contributed by atoms with Gasteiger partial charge in [-0.3, -0.25) is 8.98 Å².